The topological polar surface area (TPSA) is 71.5 Å². The first-order valence-electron chi connectivity index (χ1n) is 10.8. The molecule has 1 aliphatic heterocycles. The largest absolute Gasteiger partial charge is 0.376 e. The van der Waals surface area contributed by atoms with Gasteiger partial charge in [-0.15, -0.1) is 11.3 Å². The average Bonchev–Trinajstić information content (AvgIpc) is 3.51. The quantitative estimate of drug-likeness (QED) is 0.563. The number of ether oxygens (including phenoxy) is 1. The van der Waals surface area contributed by atoms with Gasteiger partial charge in [0.1, 0.15) is 6.04 Å². The van der Waals surface area contributed by atoms with Crippen LogP contribution in [-0.4, -0.2) is 36.1 Å². The van der Waals surface area contributed by atoms with Gasteiger partial charge in [0.25, 0.3) is 0 Å². The predicted octanol–water partition coefficient (Wildman–Crippen LogP) is 4.06. The summed E-state index contributed by atoms with van der Waals surface area (Å²) >= 11 is 1.53. The summed E-state index contributed by atoms with van der Waals surface area (Å²) in [5, 5.41) is 4.97. The Morgan fingerprint density at radius 3 is 2.62 bits per heavy atom. The van der Waals surface area contributed by atoms with E-state index >= 15 is 0 Å². The second-order valence-electron chi connectivity index (χ2n) is 7.92. The number of aromatic nitrogens is 1. The summed E-state index contributed by atoms with van der Waals surface area (Å²) in [7, 11) is 0. The molecule has 6 nitrogen and oxygen atoms in total. The maximum Gasteiger partial charge on any atom is 0.247 e. The minimum absolute atomic E-state index is 0.0201. The van der Waals surface area contributed by atoms with Gasteiger partial charge in [-0.1, -0.05) is 23.8 Å². The summed E-state index contributed by atoms with van der Waals surface area (Å²) in [4.78, 5) is 33.8. The molecule has 32 heavy (non-hydrogen) atoms. The fourth-order valence-corrected chi connectivity index (χ4v) is 4.57. The molecule has 0 unspecified atom stereocenters. The van der Waals surface area contributed by atoms with E-state index in [1.54, 1.807) is 29.4 Å². The second-order valence-corrected chi connectivity index (χ2v) is 8.95. The summed E-state index contributed by atoms with van der Waals surface area (Å²) in [6.07, 6.45) is 5.47. The number of nitrogens with one attached hydrogen (secondary N) is 1. The Morgan fingerprint density at radius 1 is 1.19 bits per heavy atom. The maximum absolute atomic E-state index is 13.6. The van der Waals surface area contributed by atoms with Crippen molar-refractivity contribution < 1.29 is 14.3 Å². The molecule has 0 radical (unpaired) electrons. The number of aryl methyl sites for hydroxylation is 1. The van der Waals surface area contributed by atoms with Gasteiger partial charge in [-0.3, -0.25) is 19.5 Å². The van der Waals surface area contributed by atoms with Gasteiger partial charge in [0.05, 0.1) is 12.5 Å². The van der Waals surface area contributed by atoms with E-state index in [1.165, 1.54) is 11.3 Å². The third kappa shape index (κ3) is 5.41. The Hall–Kier alpha value is -3.03. The van der Waals surface area contributed by atoms with Crippen LogP contribution in [0.1, 0.15) is 34.9 Å². The first-order valence-corrected chi connectivity index (χ1v) is 11.7. The number of rotatable bonds is 8. The van der Waals surface area contributed by atoms with Gasteiger partial charge in [0, 0.05) is 36.1 Å². The number of nitrogens with zero attached hydrogens (tertiary/aromatic N) is 2. The standard InChI is InChI=1S/C25H27N3O3S/c1-18-6-8-20(9-7-18)28(23(29)16-22-5-3-15-32-22)24(19-10-12-26-13-11-19)25(30)27-17-21-4-2-14-31-21/h3,5-13,15,21,24H,2,4,14,16-17H2,1H3,(H,27,30)/t21-,24-/m1/s1. The van der Waals surface area contributed by atoms with E-state index in [9.17, 15) is 9.59 Å². The average molecular weight is 450 g/mol. The lowest BCUT2D eigenvalue weighted by atomic mass is 10.0. The molecule has 166 valence electrons. The summed E-state index contributed by atoms with van der Waals surface area (Å²) < 4.78 is 5.66. The zero-order valence-electron chi connectivity index (χ0n) is 18.1. The number of thiophene rings is 1. The van der Waals surface area contributed by atoms with Crippen LogP contribution in [0.2, 0.25) is 0 Å². The summed E-state index contributed by atoms with van der Waals surface area (Å²) in [5.41, 5.74) is 2.49. The second kappa shape index (κ2) is 10.5. The fourth-order valence-electron chi connectivity index (χ4n) is 3.87. The van der Waals surface area contributed by atoms with Crippen molar-refractivity contribution in [3.8, 4) is 0 Å². The number of carbonyl (C=O) groups is 2. The fraction of sp³-hybridized carbons (Fsp3) is 0.320. The van der Waals surface area contributed by atoms with Crippen molar-refractivity contribution in [3.05, 3.63) is 82.3 Å². The highest BCUT2D eigenvalue weighted by molar-refractivity contribution is 7.10. The van der Waals surface area contributed by atoms with Crippen LogP contribution in [0.15, 0.2) is 66.3 Å². The van der Waals surface area contributed by atoms with Crippen LogP contribution in [0.4, 0.5) is 5.69 Å². The van der Waals surface area contributed by atoms with Crippen LogP contribution < -0.4 is 10.2 Å². The molecule has 2 amide bonds. The predicted molar refractivity (Wildman–Crippen MR) is 126 cm³/mol. The lowest BCUT2D eigenvalue weighted by Crippen LogP contribution is -2.46. The number of hydrogen-bond donors (Lipinski definition) is 1. The molecule has 2 atom stereocenters. The summed E-state index contributed by atoms with van der Waals surface area (Å²) in [5.74, 6) is -0.364. The van der Waals surface area contributed by atoms with Gasteiger partial charge in [-0.25, -0.2) is 0 Å². The molecule has 3 aromatic rings. The van der Waals surface area contributed by atoms with Gasteiger partial charge in [0.15, 0.2) is 0 Å². The molecular formula is C25H27N3O3S. The summed E-state index contributed by atoms with van der Waals surface area (Å²) in [6, 6.07) is 14.3. The molecule has 1 fully saturated rings. The Balaban J connectivity index is 1.68. The van der Waals surface area contributed by atoms with Crippen LogP contribution in [0, 0.1) is 6.92 Å². The minimum Gasteiger partial charge on any atom is -0.376 e. The van der Waals surface area contributed by atoms with Crippen LogP contribution in [0.25, 0.3) is 0 Å². The Kier molecular flexibility index (Phi) is 7.29. The van der Waals surface area contributed by atoms with Crippen molar-refractivity contribution in [2.45, 2.75) is 38.3 Å². The Morgan fingerprint density at radius 2 is 1.97 bits per heavy atom. The molecule has 1 saturated heterocycles. The van der Waals surface area contributed by atoms with E-state index in [-0.39, 0.29) is 24.3 Å². The van der Waals surface area contributed by atoms with Crippen molar-refractivity contribution in [1.29, 1.82) is 0 Å². The number of carbonyl (C=O) groups excluding carboxylic acids is 2. The molecule has 0 aliphatic carbocycles. The van der Waals surface area contributed by atoms with Gasteiger partial charge >= 0.3 is 0 Å². The third-order valence-corrected chi connectivity index (χ3v) is 6.42. The number of benzene rings is 1. The van der Waals surface area contributed by atoms with Crippen LogP contribution in [-0.2, 0) is 20.7 Å². The van der Waals surface area contributed by atoms with E-state index < -0.39 is 6.04 Å². The van der Waals surface area contributed by atoms with Crippen LogP contribution in [0.5, 0.6) is 0 Å². The molecule has 1 N–H and O–H groups in total. The van der Waals surface area contributed by atoms with Gasteiger partial charge in [-0.2, -0.15) is 0 Å². The van der Waals surface area contributed by atoms with E-state index in [2.05, 4.69) is 10.3 Å². The van der Waals surface area contributed by atoms with Crippen LogP contribution >= 0.6 is 11.3 Å². The van der Waals surface area contributed by atoms with Crippen molar-refractivity contribution in [3.63, 3.8) is 0 Å². The zero-order chi connectivity index (χ0) is 22.3. The third-order valence-electron chi connectivity index (χ3n) is 5.54. The highest BCUT2D eigenvalue weighted by Gasteiger charge is 2.33. The normalized spacial score (nSPS) is 16.5. The molecular weight excluding hydrogens is 422 g/mol. The van der Waals surface area contributed by atoms with Crippen molar-refractivity contribution in [2.75, 3.05) is 18.1 Å². The lowest BCUT2D eigenvalue weighted by Gasteiger charge is -2.32. The zero-order valence-corrected chi connectivity index (χ0v) is 18.9. The van der Waals surface area contributed by atoms with Gasteiger partial charge in [0.2, 0.25) is 11.8 Å². The Bertz CT molecular complexity index is 1020. The molecule has 3 heterocycles. The first kappa shape index (κ1) is 22.2. The Labute approximate surface area is 192 Å². The van der Waals surface area contributed by atoms with E-state index in [1.807, 2.05) is 48.7 Å². The lowest BCUT2D eigenvalue weighted by molar-refractivity contribution is -0.126. The number of hydrogen-bond acceptors (Lipinski definition) is 5. The molecule has 0 spiro atoms. The highest BCUT2D eigenvalue weighted by Crippen LogP contribution is 2.29. The number of anilines is 1. The minimum atomic E-state index is -0.811. The van der Waals surface area contributed by atoms with Crippen molar-refractivity contribution >= 4 is 28.8 Å². The smallest absolute Gasteiger partial charge is 0.247 e. The first-order chi connectivity index (χ1) is 15.6. The molecule has 0 saturated carbocycles. The van der Waals surface area contributed by atoms with Crippen molar-refractivity contribution in [1.82, 2.24) is 10.3 Å². The maximum atomic E-state index is 13.6. The monoisotopic (exact) mass is 449 g/mol. The molecule has 2 aromatic heterocycles. The number of amides is 2. The van der Waals surface area contributed by atoms with Gasteiger partial charge in [-0.05, 0) is 61.0 Å². The molecule has 7 heteroatoms. The summed E-state index contributed by atoms with van der Waals surface area (Å²) in [6.45, 7) is 3.15. The number of pyridine rings is 1. The van der Waals surface area contributed by atoms with Crippen molar-refractivity contribution in [2.24, 2.45) is 0 Å². The molecule has 4 rings (SSSR count). The highest BCUT2D eigenvalue weighted by atomic mass is 32.1. The SMILES string of the molecule is Cc1ccc(N(C(=O)Cc2cccs2)[C@@H](C(=O)NC[C@H]2CCCO2)c2ccncc2)cc1. The van der Waals surface area contributed by atoms with E-state index in [4.69, 9.17) is 4.74 Å². The van der Waals surface area contributed by atoms with E-state index in [0.29, 0.717) is 17.8 Å². The molecule has 1 aromatic carbocycles. The van der Waals surface area contributed by atoms with Gasteiger partial charge < -0.3 is 10.1 Å². The molecule has 1 aliphatic rings. The van der Waals surface area contributed by atoms with E-state index in [0.717, 1.165) is 29.9 Å². The van der Waals surface area contributed by atoms with Crippen LogP contribution in [0.3, 0.4) is 0 Å². The molecule has 0 bridgehead atoms.